The van der Waals surface area contributed by atoms with Gasteiger partial charge in [-0.1, -0.05) is 6.07 Å². The molecule has 5 heteroatoms. The van der Waals surface area contributed by atoms with Crippen LogP contribution in [0.25, 0.3) is 0 Å². The number of hydrogen-bond donors (Lipinski definition) is 1. The highest BCUT2D eigenvalue weighted by Gasteiger charge is 2.20. The highest BCUT2D eigenvalue weighted by atomic mass is 35.5. The van der Waals surface area contributed by atoms with Gasteiger partial charge in [0.15, 0.2) is 0 Å². The van der Waals surface area contributed by atoms with Crippen molar-refractivity contribution in [3.63, 3.8) is 0 Å². The molecule has 3 nitrogen and oxygen atoms in total. The predicted molar refractivity (Wildman–Crippen MR) is 64.6 cm³/mol. The van der Waals surface area contributed by atoms with Crippen LogP contribution in [-0.4, -0.2) is 27.5 Å². The van der Waals surface area contributed by atoms with Crippen LogP contribution in [0.2, 0.25) is 0 Å². The molecular weight excluding hydrogens is 232 g/mol. The third-order valence-corrected chi connectivity index (χ3v) is 4.18. The van der Waals surface area contributed by atoms with E-state index >= 15 is 0 Å². The molecule has 0 saturated carbocycles. The summed E-state index contributed by atoms with van der Waals surface area (Å²) in [5, 5.41) is 3.56. The van der Waals surface area contributed by atoms with Crippen molar-refractivity contribution in [2.45, 2.75) is 17.4 Å². The molecule has 84 valence electrons. The minimum Gasteiger partial charge on any atom is -0.315 e. The molecule has 1 fully saturated rings. The Bertz CT molecular complexity index is 314. The molecule has 0 aliphatic carbocycles. The Morgan fingerprint density at radius 3 is 3.07 bits per heavy atom. The van der Waals surface area contributed by atoms with E-state index in [-0.39, 0.29) is 12.4 Å². The second-order valence-electron chi connectivity index (χ2n) is 3.50. The molecule has 2 heterocycles. The fourth-order valence-electron chi connectivity index (χ4n) is 1.62. The maximum absolute atomic E-state index is 11.9. The zero-order valence-electron chi connectivity index (χ0n) is 8.39. The smallest absolute Gasteiger partial charge is 0.0504 e. The average Bonchev–Trinajstić information content (AvgIpc) is 2.72. The van der Waals surface area contributed by atoms with Crippen LogP contribution in [-0.2, 0) is 16.6 Å². The molecule has 0 radical (unpaired) electrons. The van der Waals surface area contributed by atoms with Crippen LogP contribution >= 0.6 is 12.4 Å². The van der Waals surface area contributed by atoms with Crippen LogP contribution in [0.5, 0.6) is 0 Å². The Hall–Kier alpha value is -0.450. The summed E-state index contributed by atoms with van der Waals surface area (Å²) < 4.78 is 11.9. The predicted octanol–water partition coefficient (Wildman–Crippen LogP) is 1.11. The molecule has 0 aromatic carbocycles. The molecule has 0 amide bonds. The van der Waals surface area contributed by atoms with Crippen molar-refractivity contribution in [2.24, 2.45) is 0 Å². The molecule has 2 atom stereocenters. The summed E-state index contributed by atoms with van der Waals surface area (Å²) in [5.74, 6) is 0.639. The van der Waals surface area contributed by atoms with Gasteiger partial charge in [-0.3, -0.25) is 9.19 Å². The lowest BCUT2D eigenvalue weighted by atomic mass is 10.3. The first-order chi connectivity index (χ1) is 6.86. The summed E-state index contributed by atoms with van der Waals surface area (Å²) in [5.41, 5.74) is 1.07. The quantitative estimate of drug-likeness (QED) is 0.869. The van der Waals surface area contributed by atoms with E-state index in [1.165, 1.54) is 0 Å². The van der Waals surface area contributed by atoms with Gasteiger partial charge in [0.1, 0.15) is 0 Å². The summed E-state index contributed by atoms with van der Waals surface area (Å²) in [4.78, 5) is 4.01. The molecule has 0 spiro atoms. The van der Waals surface area contributed by atoms with E-state index < -0.39 is 10.8 Å². The summed E-state index contributed by atoms with van der Waals surface area (Å²) in [7, 11) is -0.749. The molecule has 2 rings (SSSR count). The number of halogens is 1. The number of rotatable bonds is 3. The number of pyridine rings is 1. The lowest BCUT2D eigenvalue weighted by molar-refractivity contribution is 0.672. The molecule has 1 saturated heterocycles. The van der Waals surface area contributed by atoms with Gasteiger partial charge >= 0.3 is 0 Å². The Morgan fingerprint density at radius 2 is 2.47 bits per heavy atom. The number of aromatic nitrogens is 1. The first kappa shape index (κ1) is 12.6. The molecular formula is C10H15ClN2OS. The highest BCUT2D eigenvalue weighted by Crippen LogP contribution is 2.11. The molecule has 1 N–H and O–H groups in total. The van der Waals surface area contributed by atoms with E-state index in [2.05, 4.69) is 10.3 Å². The third kappa shape index (κ3) is 3.55. The molecule has 1 aromatic heterocycles. The van der Waals surface area contributed by atoms with Gasteiger partial charge in [0.2, 0.25) is 0 Å². The fourth-order valence-corrected chi connectivity index (χ4v) is 3.04. The SMILES string of the molecule is Cl.O=S(Cc1cccnc1)[C@@H]1CCNC1. The fraction of sp³-hybridized carbons (Fsp3) is 0.500. The Balaban J connectivity index is 0.00000112. The summed E-state index contributed by atoms with van der Waals surface area (Å²) in [6.07, 6.45) is 4.57. The van der Waals surface area contributed by atoms with Gasteiger partial charge in [-0.05, 0) is 24.6 Å². The lowest BCUT2D eigenvalue weighted by Gasteiger charge is -2.07. The largest absolute Gasteiger partial charge is 0.315 e. The number of nitrogens with one attached hydrogen (secondary N) is 1. The van der Waals surface area contributed by atoms with E-state index in [4.69, 9.17) is 0 Å². The van der Waals surface area contributed by atoms with E-state index in [0.717, 1.165) is 25.1 Å². The normalized spacial score (nSPS) is 22.0. The van der Waals surface area contributed by atoms with E-state index in [9.17, 15) is 4.21 Å². The molecule has 1 aliphatic heterocycles. The first-order valence-electron chi connectivity index (χ1n) is 4.83. The zero-order valence-corrected chi connectivity index (χ0v) is 10.0. The van der Waals surface area contributed by atoms with Gasteiger partial charge in [-0.15, -0.1) is 12.4 Å². The first-order valence-corrected chi connectivity index (χ1v) is 6.21. The van der Waals surface area contributed by atoms with Gasteiger partial charge in [-0.25, -0.2) is 0 Å². The average molecular weight is 247 g/mol. The second kappa shape index (κ2) is 6.20. The molecule has 0 bridgehead atoms. The van der Waals surface area contributed by atoms with Gasteiger partial charge in [0.05, 0.1) is 5.75 Å². The van der Waals surface area contributed by atoms with Crippen LogP contribution in [0.15, 0.2) is 24.5 Å². The molecule has 1 aromatic rings. The van der Waals surface area contributed by atoms with Gasteiger partial charge in [0.25, 0.3) is 0 Å². The number of hydrogen-bond acceptors (Lipinski definition) is 3. The van der Waals surface area contributed by atoms with Crippen LogP contribution in [0, 0.1) is 0 Å². The van der Waals surface area contributed by atoms with E-state index in [0.29, 0.717) is 11.0 Å². The van der Waals surface area contributed by atoms with Crippen molar-refractivity contribution in [1.29, 1.82) is 0 Å². The van der Waals surface area contributed by atoms with Crippen LogP contribution in [0.3, 0.4) is 0 Å². The molecule has 1 unspecified atom stereocenters. The topological polar surface area (TPSA) is 42.0 Å². The second-order valence-corrected chi connectivity index (χ2v) is 5.22. The van der Waals surface area contributed by atoms with Crippen molar-refractivity contribution < 1.29 is 4.21 Å². The summed E-state index contributed by atoms with van der Waals surface area (Å²) in [6.45, 7) is 1.90. The Morgan fingerprint density at radius 1 is 1.60 bits per heavy atom. The Labute approximate surface area is 98.5 Å². The van der Waals surface area contributed by atoms with Crippen molar-refractivity contribution >= 4 is 23.2 Å². The third-order valence-electron chi connectivity index (χ3n) is 2.42. The minimum atomic E-state index is -0.749. The van der Waals surface area contributed by atoms with E-state index in [1.54, 1.807) is 12.4 Å². The van der Waals surface area contributed by atoms with Crippen molar-refractivity contribution in [3.05, 3.63) is 30.1 Å². The van der Waals surface area contributed by atoms with Crippen LogP contribution < -0.4 is 5.32 Å². The van der Waals surface area contributed by atoms with E-state index in [1.807, 2.05) is 12.1 Å². The summed E-state index contributed by atoms with van der Waals surface area (Å²) >= 11 is 0. The van der Waals surface area contributed by atoms with Crippen LogP contribution in [0.1, 0.15) is 12.0 Å². The zero-order chi connectivity index (χ0) is 9.80. The standard InChI is InChI=1S/C10H14N2OS.ClH/c13-14(10-3-5-12-7-10)8-9-2-1-4-11-6-9;/h1-2,4,6,10,12H,3,5,7-8H2;1H/t10-,14?;/m1./s1. The minimum absolute atomic E-state index is 0. The summed E-state index contributed by atoms with van der Waals surface area (Å²) in [6, 6.07) is 3.87. The monoisotopic (exact) mass is 246 g/mol. The Kier molecular flexibility index (Phi) is 5.22. The molecule has 1 aliphatic rings. The van der Waals surface area contributed by atoms with Gasteiger partial charge < -0.3 is 5.32 Å². The maximum atomic E-state index is 11.9. The van der Waals surface area contributed by atoms with Crippen molar-refractivity contribution in [1.82, 2.24) is 10.3 Å². The van der Waals surface area contributed by atoms with Gasteiger partial charge in [0, 0.05) is 35.0 Å². The van der Waals surface area contributed by atoms with Crippen molar-refractivity contribution in [2.75, 3.05) is 13.1 Å². The maximum Gasteiger partial charge on any atom is 0.0504 e. The number of nitrogens with zero attached hydrogens (tertiary/aromatic N) is 1. The lowest BCUT2D eigenvalue weighted by Crippen LogP contribution is -2.19. The van der Waals surface area contributed by atoms with Crippen molar-refractivity contribution in [3.8, 4) is 0 Å². The van der Waals surface area contributed by atoms with Gasteiger partial charge in [-0.2, -0.15) is 0 Å². The van der Waals surface area contributed by atoms with Crippen LogP contribution in [0.4, 0.5) is 0 Å². The molecule has 15 heavy (non-hydrogen) atoms. The highest BCUT2D eigenvalue weighted by molar-refractivity contribution is 7.84.